The van der Waals surface area contributed by atoms with Gasteiger partial charge < -0.3 is 14.8 Å². The van der Waals surface area contributed by atoms with E-state index in [2.05, 4.69) is 10.3 Å². The molecular formula is C14H18N2O4. The van der Waals surface area contributed by atoms with Gasteiger partial charge in [-0.3, -0.25) is 14.6 Å². The van der Waals surface area contributed by atoms with Gasteiger partial charge >= 0.3 is 11.9 Å². The molecule has 0 saturated carbocycles. The van der Waals surface area contributed by atoms with E-state index in [9.17, 15) is 9.59 Å². The zero-order valence-electron chi connectivity index (χ0n) is 11.9. The highest BCUT2D eigenvalue weighted by Gasteiger charge is 2.47. The molecule has 1 aliphatic rings. The van der Waals surface area contributed by atoms with E-state index < -0.39 is 17.4 Å². The maximum atomic E-state index is 12.0. The molecule has 1 aliphatic heterocycles. The lowest BCUT2D eigenvalue weighted by atomic mass is 9.85. The van der Waals surface area contributed by atoms with Crippen LogP contribution in [-0.4, -0.2) is 37.7 Å². The predicted octanol–water partition coefficient (Wildman–Crippen LogP) is 1.04. The fraction of sp³-hybridized carbons (Fsp3) is 0.500. The molecule has 0 saturated heterocycles. The summed E-state index contributed by atoms with van der Waals surface area (Å²) in [6, 6.07) is 3.49. The predicted molar refractivity (Wildman–Crippen MR) is 72.4 cm³/mol. The number of aryl methyl sites for hydroxylation is 1. The molecule has 1 aromatic rings. The molecule has 0 fully saturated rings. The SMILES string of the molecule is COC(=O)C(C)(C(=O)OC)c1ccc2c(n1)CCCN2. The number of aromatic nitrogens is 1. The number of anilines is 1. The standard InChI is InChI=1S/C14H18N2O4/c1-14(12(17)19-2,13(18)20-3)11-7-6-9-10(16-11)5-4-8-15-9/h6-7,15H,4-5,8H2,1-3H3. The van der Waals surface area contributed by atoms with Gasteiger partial charge in [-0.25, -0.2) is 0 Å². The molecule has 0 aliphatic carbocycles. The van der Waals surface area contributed by atoms with Crippen molar-refractivity contribution in [2.24, 2.45) is 0 Å². The minimum atomic E-state index is -1.55. The number of ether oxygens (including phenoxy) is 2. The maximum absolute atomic E-state index is 12.0. The molecule has 108 valence electrons. The molecule has 0 radical (unpaired) electrons. The highest BCUT2D eigenvalue weighted by Crippen LogP contribution is 2.29. The number of esters is 2. The van der Waals surface area contributed by atoms with Gasteiger partial charge in [-0.15, -0.1) is 0 Å². The van der Waals surface area contributed by atoms with Crippen molar-refractivity contribution >= 4 is 17.6 Å². The summed E-state index contributed by atoms with van der Waals surface area (Å²) in [6.07, 6.45) is 1.78. The summed E-state index contributed by atoms with van der Waals surface area (Å²) in [5.74, 6) is -1.36. The number of carbonyl (C=O) groups excluding carboxylic acids is 2. The number of hydrogen-bond donors (Lipinski definition) is 1. The molecule has 20 heavy (non-hydrogen) atoms. The van der Waals surface area contributed by atoms with Gasteiger partial charge in [0.25, 0.3) is 0 Å². The first-order chi connectivity index (χ1) is 9.53. The number of hydrogen-bond acceptors (Lipinski definition) is 6. The van der Waals surface area contributed by atoms with Crippen LogP contribution >= 0.6 is 0 Å². The fourth-order valence-corrected chi connectivity index (χ4v) is 2.31. The zero-order valence-corrected chi connectivity index (χ0v) is 11.9. The zero-order chi connectivity index (χ0) is 14.8. The molecule has 6 nitrogen and oxygen atoms in total. The van der Waals surface area contributed by atoms with Gasteiger partial charge in [0.05, 0.1) is 31.3 Å². The number of methoxy groups -OCH3 is 2. The molecule has 0 atom stereocenters. The third kappa shape index (κ3) is 2.21. The lowest BCUT2D eigenvalue weighted by Crippen LogP contribution is -2.43. The molecule has 1 N–H and O–H groups in total. The molecule has 2 rings (SSSR count). The molecule has 0 spiro atoms. The van der Waals surface area contributed by atoms with E-state index in [0.29, 0.717) is 5.69 Å². The van der Waals surface area contributed by atoms with Gasteiger partial charge in [-0.05, 0) is 31.9 Å². The van der Waals surface area contributed by atoms with Crippen molar-refractivity contribution < 1.29 is 19.1 Å². The summed E-state index contributed by atoms with van der Waals surface area (Å²) in [7, 11) is 2.48. The number of nitrogens with one attached hydrogen (secondary N) is 1. The molecule has 6 heteroatoms. The fourth-order valence-electron chi connectivity index (χ4n) is 2.31. The number of fused-ring (bicyclic) bond motifs is 1. The Labute approximate surface area is 117 Å². The summed E-state index contributed by atoms with van der Waals surface area (Å²) in [5.41, 5.74) is 0.596. The molecule has 1 aromatic heterocycles. The minimum absolute atomic E-state index is 0.346. The smallest absolute Gasteiger partial charge is 0.329 e. The summed E-state index contributed by atoms with van der Waals surface area (Å²) in [6.45, 7) is 2.37. The highest BCUT2D eigenvalue weighted by atomic mass is 16.5. The quantitative estimate of drug-likeness (QED) is 0.657. The number of pyridine rings is 1. The van der Waals surface area contributed by atoms with E-state index >= 15 is 0 Å². The van der Waals surface area contributed by atoms with Crippen molar-refractivity contribution in [2.75, 3.05) is 26.1 Å². The molecular weight excluding hydrogens is 260 g/mol. The third-order valence-corrected chi connectivity index (χ3v) is 3.58. The first kappa shape index (κ1) is 14.3. The Kier molecular flexibility index (Phi) is 3.92. The molecule has 0 aromatic carbocycles. The van der Waals surface area contributed by atoms with Crippen LogP contribution in [0.2, 0.25) is 0 Å². The summed E-state index contributed by atoms with van der Waals surface area (Å²) < 4.78 is 9.48. The number of nitrogens with zero attached hydrogens (tertiary/aromatic N) is 1. The Balaban J connectivity index is 2.49. The Morgan fingerprint density at radius 3 is 2.50 bits per heavy atom. The molecule has 0 bridgehead atoms. The molecule has 0 amide bonds. The van der Waals surface area contributed by atoms with Crippen molar-refractivity contribution in [1.82, 2.24) is 4.98 Å². The van der Waals surface area contributed by atoms with Gasteiger partial charge in [-0.1, -0.05) is 0 Å². The van der Waals surface area contributed by atoms with Crippen LogP contribution in [0.3, 0.4) is 0 Å². The van der Waals surface area contributed by atoms with Gasteiger partial charge in [-0.2, -0.15) is 0 Å². The monoisotopic (exact) mass is 278 g/mol. The maximum Gasteiger partial charge on any atom is 0.329 e. The first-order valence-electron chi connectivity index (χ1n) is 6.45. The lowest BCUT2D eigenvalue weighted by molar-refractivity contribution is -0.161. The summed E-state index contributed by atoms with van der Waals surface area (Å²) in [5, 5.41) is 3.23. The first-order valence-corrected chi connectivity index (χ1v) is 6.45. The summed E-state index contributed by atoms with van der Waals surface area (Å²) in [4.78, 5) is 28.5. The summed E-state index contributed by atoms with van der Waals surface area (Å²) >= 11 is 0. The largest absolute Gasteiger partial charge is 0.468 e. The van der Waals surface area contributed by atoms with Crippen molar-refractivity contribution in [3.05, 3.63) is 23.5 Å². The van der Waals surface area contributed by atoms with Gasteiger partial charge in [0.1, 0.15) is 0 Å². The lowest BCUT2D eigenvalue weighted by Gasteiger charge is -2.25. The average molecular weight is 278 g/mol. The van der Waals surface area contributed by atoms with E-state index in [-0.39, 0.29) is 0 Å². The van der Waals surface area contributed by atoms with Crippen LogP contribution in [0.15, 0.2) is 12.1 Å². The molecule has 2 heterocycles. The number of rotatable bonds is 3. The average Bonchev–Trinajstić information content (AvgIpc) is 2.51. The van der Waals surface area contributed by atoms with Crippen molar-refractivity contribution in [2.45, 2.75) is 25.2 Å². The second-order valence-electron chi connectivity index (χ2n) is 4.83. The van der Waals surface area contributed by atoms with Gasteiger partial charge in [0, 0.05) is 6.54 Å². The van der Waals surface area contributed by atoms with E-state index in [1.165, 1.54) is 21.1 Å². The Morgan fingerprint density at radius 2 is 1.90 bits per heavy atom. The number of carbonyl (C=O) groups is 2. The van der Waals surface area contributed by atoms with Crippen LogP contribution in [0.1, 0.15) is 24.7 Å². The van der Waals surface area contributed by atoms with E-state index in [1.54, 1.807) is 6.07 Å². The Bertz CT molecular complexity index is 526. The third-order valence-electron chi connectivity index (χ3n) is 3.58. The van der Waals surface area contributed by atoms with Crippen LogP contribution in [-0.2, 0) is 30.9 Å². The van der Waals surface area contributed by atoms with Crippen molar-refractivity contribution in [1.29, 1.82) is 0 Å². The second kappa shape index (κ2) is 5.48. The minimum Gasteiger partial charge on any atom is -0.468 e. The van der Waals surface area contributed by atoms with Crippen LogP contribution in [0.4, 0.5) is 5.69 Å². The Morgan fingerprint density at radius 1 is 1.25 bits per heavy atom. The molecule has 0 unspecified atom stereocenters. The van der Waals surface area contributed by atoms with Crippen molar-refractivity contribution in [3.8, 4) is 0 Å². The normalized spacial score (nSPS) is 13.9. The van der Waals surface area contributed by atoms with E-state index in [1.807, 2.05) is 6.07 Å². The second-order valence-corrected chi connectivity index (χ2v) is 4.83. The van der Waals surface area contributed by atoms with Gasteiger partial charge in [0.2, 0.25) is 5.41 Å². The van der Waals surface area contributed by atoms with E-state index in [0.717, 1.165) is 30.8 Å². The van der Waals surface area contributed by atoms with Crippen LogP contribution in [0.25, 0.3) is 0 Å². The van der Waals surface area contributed by atoms with Crippen LogP contribution in [0.5, 0.6) is 0 Å². The van der Waals surface area contributed by atoms with E-state index in [4.69, 9.17) is 9.47 Å². The Hall–Kier alpha value is -2.11. The topological polar surface area (TPSA) is 77.5 Å². The van der Waals surface area contributed by atoms with Crippen LogP contribution in [0, 0.1) is 0 Å². The van der Waals surface area contributed by atoms with Crippen molar-refractivity contribution in [3.63, 3.8) is 0 Å². The highest BCUT2D eigenvalue weighted by molar-refractivity contribution is 6.05. The van der Waals surface area contributed by atoms with Crippen LogP contribution < -0.4 is 5.32 Å². The van der Waals surface area contributed by atoms with Gasteiger partial charge in [0.15, 0.2) is 0 Å².